The summed E-state index contributed by atoms with van der Waals surface area (Å²) in [4.78, 5) is 36.0. The molecule has 126 valence electrons. The number of H-pyrrole nitrogens is 1. The SMILES string of the molecule is CN1CCN(CCNc2nc3c([nH]2)c(=O)n(C)c(=O)n3C)CC1. The number of aryl methyl sites for hydroxylation is 1. The van der Waals surface area contributed by atoms with Crippen molar-refractivity contribution in [2.45, 2.75) is 0 Å². The van der Waals surface area contributed by atoms with Crippen molar-refractivity contribution in [3.05, 3.63) is 20.8 Å². The minimum Gasteiger partial charge on any atom is -0.354 e. The van der Waals surface area contributed by atoms with Crippen molar-refractivity contribution in [3.8, 4) is 0 Å². The lowest BCUT2D eigenvalue weighted by atomic mass is 10.3. The zero-order valence-electron chi connectivity index (χ0n) is 13.8. The van der Waals surface area contributed by atoms with Gasteiger partial charge in [0, 0.05) is 53.4 Å². The predicted octanol–water partition coefficient (Wildman–Crippen LogP) is -1.38. The summed E-state index contributed by atoms with van der Waals surface area (Å²) in [7, 11) is 5.21. The van der Waals surface area contributed by atoms with Crippen LogP contribution < -0.4 is 16.6 Å². The van der Waals surface area contributed by atoms with Gasteiger partial charge in [0.25, 0.3) is 5.56 Å². The van der Waals surface area contributed by atoms with Crippen molar-refractivity contribution in [1.29, 1.82) is 0 Å². The topological polar surface area (TPSA) is 91.2 Å². The van der Waals surface area contributed by atoms with Crippen molar-refractivity contribution in [3.63, 3.8) is 0 Å². The molecule has 0 amide bonds. The molecule has 0 atom stereocenters. The maximum absolute atomic E-state index is 12.1. The van der Waals surface area contributed by atoms with Gasteiger partial charge in [-0.15, -0.1) is 0 Å². The van der Waals surface area contributed by atoms with Gasteiger partial charge in [0.1, 0.15) is 0 Å². The first-order chi connectivity index (χ1) is 11.0. The molecule has 0 bridgehead atoms. The van der Waals surface area contributed by atoms with Gasteiger partial charge in [0.05, 0.1) is 0 Å². The highest BCUT2D eigenvalue weighted by Gasteiger charge is 2.15. The number of hydrogen-bond acceptors (Lipinski definition) is 6. The summed E-state index contributed by atoms with van der Waals surface area (Å²) in [6.45, 7) is 5.95. The molecule has 0 aliphatic carbocycles. The van der Waals surface area contributed by atoms with Crippen LogP contribution in [0.5, 0.6) is 0 Å². The number of anilines is 1. The standard InChI is InChI=1S/C14H23N7O2/c1-18-6-8-21(9-7-18)5-4-15-13-16-10-11(17-13)19(2)14(23)20(3)12(10)22/h4-9H2,1-3H3,(H2,15,16,17). The van der Waals surface area contributed by atoms with E-state index in [2.05, 4.69) is 32.1 Å². The molecule has 2 aromatic rings. The molecule has 9 nitrogen and oxygen atoms in total. The van der Waals surface area contributed by atoms with Crippen molar-refractivity contribution >= 4 is 17.1 Å². The van der Waals surface area contributed by atoms with Crippen molar-refractivity contribution in [2.24, 2.45) is 14.1 Å². The molecule has 23 heavy (non-hydrogen) atoms. The molecule has 9 heteroatoms. The quantitative estimate of drug-likeness (QED) is 0.721. The van der Waals surface area contributed by atoms with Gasteiger partial charge in [-0.25, -0.2) is 4.79 Å². The van der Waals surface area contributed by atoms with Crippen molar-refractivity contribution in [2.75, 3.05) is 51.6 Å². The van der Waals surface area contributed by atoms with Gasteiger partial charge in [-0.3, -0.25) is 18.8 Å². The fourth-order valence-electron chi connectivity index (χ4n) is 2.81. The van der Waals surface area contributed by atoms with E-state index in [1.54, 1.807) is 7.05 Å². The number of imidazole rings is 1. The van der Waals surface area contributed by atoms with E-state index in [0.717, 1.165) is 43.8 Å². The first-order valence-corrected chi connectivity index (χ1v) is 7.78. The number of nitrogens with one attached hydrogen (secondary N) is 2. The molecule has 2 aromatic heterocycles. The molecular weight excluding hydrogens is 298 g/mol. The van der Waals surface area contributed by atoms with Crippen LogP contribution in [-0.2, 0) is 14.1 Å². The van der Waals surface area contributed by atoms with Gasteiger partial charge >= 0.3 is 5.69 Å². The van der Waals surface area contributed by atoms with Gasteiger partial charge in [0.2, 0.25) is 5.95 Å². The van der Waals surface area contributed by atoms with E-state index in [4.69, 9.17) is 0 Å². The lowest BCUT2D eigenvalue weighted by Crippen LogP contribution is -2.45. The highest BCUT2D eigenvalue weighted by atomic mass is 16.2. The monoisotopic (exact) mass is 321 g/mol. The number of aromatic nitrogens is 4. The summed E-state index contributed by atoms with van der Waals surface area (Å²) >= 11 is 0. The minimum atomic E-state index is -0.377. The second-order valence-corrected chi connectivity index (χ2v) is 6.06. The Kier molecular flexibility index (Phi) is 4.22. The van der Waals surface area contributed by atoms with E-state index < -0.39 is 0 Å². The maximum atomic E-state index is 12.1. The summed E-state index contributed by atoms with van der Waals surface area (Å²) in [5.74, 6) is 0.521. The highest BCUT2D eigenvalue weighted by molar-refractivity contribution is 5.72. The average molecular weight is 321 g/mol. The van der Waals surface area contributed by atoms with Gasteiger partial charge in [-0.1, -0.05) is 0 Å². The molecule has 0 radical (unpaired) electrons. The molecule has 1 aliphatic rings. The Morgan fingerprint density at radius 1 is 1.09 bits per heavy atom. The largest absolute Gasteiger partial charge is 0.354 e. The van der Waals surface area contributed by atoms with E-state index in [1.165, 1.54) is 11.6 Å². The average Bonchev–Trinajstić information content (AvgIpc) is 2.97. The molecule has 0 unspecified atom stereocenters. The Bertz CT molecular complexity index is 811. The number of hydrogen-bond donors (Lipinski definition) is 2. The zero-order chi connectivity index (χ0) is 16.6. The minimum absolute atomic E-state index is 0.344. The van der Waals surface area contributed by atoms with E-state index in [-0.39, 0.29) is 11.2 Å². The van der Waals surface area contributed by atoms with Crippen LogP contribution >= 0.6 is 0 Å². The van der Waals surface area contributed by atoms with Crippen LogP contribution in [0.2, 0.25) is 0 Å². The van der Waals surface area contributed by atoms with Gasteiger partial charge in [-0.2, -0.15) is 4.98 Å². The molecule has 1 aliphatic heterocycles. The Labute approximate surface area is 133 Å². The molecule has 0 saturated carbocycles. The molecule has 0 spiro atoms. The second kappa shape index (κ2) is 6.17. The van der Waals surface area contributed by atoms with Crippen LogP contribution in [-0.4, -0.2) is 75.2 Å². The Morgan fingerprint density at radius 3 is 2.48 bits per heavy atom. The highest BCUT2D eigenvalue weighted by Crippen LogP contribution is 2.08. The fourth-order valence-corrected chi connectivity index (χ4v) is 2.81. The maximum Gasteiger partial charge on any atom is 0.332 e. The number of fused-ring (bicyclic) bond motifs is 1. The summed E-state index contributed by atoms with van der Waals surface area (Å²) in [5.41, 5.74) is -0.0161. The first-order valence-electron chi connectivity index (χ1n) is 7.78. The van der Waals surface area contributed by atoms with Crippen LogP contribution in [0.3, 0.4) is 0 Å². The first kappa shape index (κ1) is 15.8. The summed E-state index contributed by atoms with van der Waals surface area (Å²) < 4.78 is 2.45. The van der Waals surface area contributed by atoms with Crippen LogP contribution in [0, 0.1) is 0 Å². The van der Waals surface area contributed by atoms with E-state index in [9.17, 15) is 9.59 Å². The number of nitrogens with zero attached hydrogens (tertiary/aromatic N) is 5. The van der Waals surface area contributed by atoms with E-state index >= 15 is 0 Å². The third kappa shape index (κ3) is 3.02. The number of piperazine rings is 1. The number of aromatic amines is 1. The molecule has 1 saturated heterocycles. The Morgan fingerprint density at radius 2 is 1.78 bits per heavy atom. The third-order valence-electron chi connectivity index (χ3n) is 4.41. The lowest BCUT2D eigenvalue weighted by Gasteiger charge is -2.32. The number of rotatable bonds is 4. The van der Waals surface area contributed by atoms with Gasteiger partial charge < -0.3 is 15.2 Å². The zero-order valence-corrected chi connectivity index (χ0v) is 13.8. The molecule has 2 N–H and O–H groups in total. The summed E-state index contributed by atoms with van der Waals surface area (Å²) in [6.07, 6.45) is 0. The third-order valence-corrected chi connectivity index (χ3v) is 4.41. The van der Waals surface area contributed by atoms with Crippen molar-refractivity contribution in [1.82, 2.24) is 28.9 Å². The van der Waals surface area contributed by atoms with Crippen LogP contribution in [0.1, 0.15) is 0 Å². The van der Waals surface area contributed by atoms with E-state index in [0.29, 0.717) is 17.1 Å². The Hall–Kier alpha value is -2.13. The molecule has 3 rings (SSSR count). The smallest absolute Gasteiger partial charge is 0.332 e. The van der Waals surface area contributed by atoms with Gasteiger partial charge in [0.15, 0.2) is 11.2 Å². The number of likely N-dealkylation sites (N-methyl/N-ethyl adjacent to an activating group) is 1. The molecule has 1 fully saturated rings. The predicted molar refractivity (Wildman–Crippen MR) is 89.0 cm³/mol. The van der Waals surface area contributed by atoms with Crippen LogP contribution in [0.4, 0.5) is 5.95 Å². The normalized spacial score (nSPS) is 17.0. The Balaban J connectivity index is 1.70. The molecule has 0 aromatic carbocycles. The molecule has 3 heterocycles. The lowest BCUT2D eigenvalue weighted by molar-refractivity contribution is 0.158. The van der Waals surface area contributed by atoms with Crippen molar-refractivity contribution < 1.29 is 0 Å². The fraction of sp³-hybridized carbons (Fsp3) is 0.643. The van der Waals surface area contributed by atoms with Crippen LogP contribution in [0.25, 0.3) is 11.2 Å². The van der Waals surface area contributed by atoms with E-state index in [1.807, 2.05) is 0 Å². The summed E-state index contributed by atoms with van der Waals surface area (Å²) in [5, 5.41) is 3.20. The van der Waals surface area contributed by atoms with Gasteiger partial charge in [-0.05, 0) is 7.05 Å². The summed E-state index contributed by atoms with van der Waals surface area (Å²) in [6, 6.07) is 0. The molecular formula is C14H23N7O2. The second-order valence-electron chi connectivity index (χ2n) is 6.06. The van der Waals surface area contributed by atoms with Crippen LogP contribution in [0.15, 0.2) is 9.59 Å².